The molecule has 0 aliphatic heterocycles. The molecule has 2 aromatic rings. The highest BCUT2D eigenvalue weighted by molar-refractivity contribution is 6.19. The Morgan fingerprint density at radius 1 is 1.00 bits per heavy atom. The minimum atomic E-state index is -0.688. The summed E-state index contributed by atoms with van der Waals surface area (Å²) in [6.45, 7) is -0.0686. The minimum Gasteiger partial charge on any atom is -0.489 e. The minimum absolute atomic E-state index is 0.0686. The molecule has 1 nitrogen and oxygen atoms in total. The van der Waals surface area contributed by atoms with Crippen LogP contribution in [0.1, 0.15) is 11.1 Å². The third kappa shape index (κ3) is 4.44. The van der Waals surface area contributed by atoms with E-state index < -0.39 is 17.5 Å². The molecule has 2 rings (SSSR count). The van der Waals surface area contributed by atoms with Crippen LogP contribution in [-0.2, 0) is 6.61 Å². The van der Waals surface area contributed by atoms with E-state index in [2.05, 4.69) is 11.8 Å². The summed E-state index contributed by atoms with van der Waals surface area (Å²) in [5, 5.41) is 0. The number of alkyl halides is 1. The molecule has 0 heterocycles. The molecule has 0 unspecified atom stereocenters. The zero-order valence-electron chi connectivity index (χ0n) is 10.8. The van der Waals surface area contributed by atoms with Crippen molar-refractivity contribution >= 4 is 11.6 Å². The molecule has 0 radical (unpaired) electrons. The Bertz CT molecular complexity index is 684. The quantitative estimate of drug-likeness (QED) is 0.607. The first-order chi connectivity index (χ1) is 10.1. The van der Waals surface area contributed by atoms with Crippen molar-refractivity contribution in [2.24, 2.45) is 0 Å². The molecule has 5 heteroatoms. The highest BCUT2D eigenvalue weighted by Crippen LogP contribution is 2.18. The van der Waals surface area contributed by atoms with E-state index in [-0.39, 0.29) is 23.8 Å². The van der Waals surface area contributed by atoms with Gasteiger partial charge in [0.2, 0.25) is 0 Å². The van der Waals surface area contributed by atoms with E-state index in [9.17, 15) is 13.2 Å². The highest BCUT2D eigenvalue weighted by Gasteiger charge is 2.04. The predicted octanol–water partition coefficient (Wildman–Crippen LogP) is 4.27. The first-order valence-corrected chi connectivity index (χ1v) is 6.54. The number of hydrogen-bond donors (Lipinski definition) is 0. The lowest BCUT2D eigenvalue weighted by atomic mass is 10.2. The molecule has 108 valence electrons. The van der Waals surface area contributed by atoms with Gasteiger partial charge < -0.3 is 4.74 Å². The van der Waals surface area contributed by atoms with Crippen LogP contribution in [0, 0.1) is 29.3 Å². The monoisotopic (exact) mass is 310 g/mol. The Balaban J connectivity index is 2.08. The highest BCUT2D eigenvalue weighted by atomic mass is 35.5. The van der Waals surface area contributed by atoms with Crippen LogP contribution in [0.3, 0.4) is 0 Å². The Kier molecular flexibility index (Phi) is 5.13. The van der Waals surface area contributed by atoms with E-state index in [1.165, 1.54) is 12.1 Å². The summed E-state index contributed by atoms with van der Waals surface area (Å²) in [6.07, 6.45) is 0. The molecule has 0 spiro atoms. The summed E-state index contributed by atoms with van der Waals surface area (Å²) in [4.78, 5) is 0. The molecule has 0 amide bonds. The maximum atomic E-state index is 13.7. The molecule has 2 aromatic carbocycles. The van der Waals surface area contributed by atoms with Crippen molar-refractivity contribution < 1.29 is 17.9 Å². The number of halogens is 4. The summed E-state index contributed by atoms with van der Waals surface area (Å²) >= 11 is 5.40. The third-order valence-corrected chi connectivity index (χ3v) is 2.69. The molecule has 0 aliphatic rings. The van der Waals surface area contributed by atoms with Gasteiger partial charge in [0.15, 0.2) is 0 Å². The molecule has 0 atom stereocenters. The lowest BCUT2D eigenvalue weighted by molar-refractivity contribution is 0.303. The van der Waals surface area contributed by atoms with Crippen molar-refractivity contribution in [3.05, 3.63) is 65.0 Å². The zero-order valence-corrected chi connectivity index (χ0v) is 11.6. The molecule has 21 heavy (non-hydrogen) atoms. The number of hydrogen-bond acceptors (Lipinski definition) is 1. The van der Waals surface area contributed by atoms with Gasteiger partial charge in [-0.3, -0.25) is 0 Å². The summed E-state index contributed by atoms with van der Waals surface area (Å²) in [6, 6.07) is 7.22. The first kappa shape index (κ1) is 15.3. The number of ether oxygens (including phenoxy) is 1. The van der Waals surface area contributed by atoms with Gasteiger partial charge in [-0.05, 0) is 29.8 Å². The van der Waals surface area contributed by atoms with Crippen LogP contribution in [0.25, 0.3) is 0 Å². The number of rotatable bonds is 3. The lowest BCUT2D eigenvalue weighted by Crippen LogP contribution is -1.98. The smallest absolute Gasteiger partial charge is 0.142 e. The van der Waals surface area contributed by atoms with Gasteiger partial charge in [-0.25, -0.2) is 13.2 Å². The molecular formula is C16H10ClF3O. The molecular weight excluding hydrogens is 301 g/mol. The summed E-state index contributed by atoms with van der Waals surface area (Å²) < 4.78 is 45.0. The predicted molar refractivity (Wildman–Crippen MR) is 74.7 cm³/mol. The zero-order chi connectivity index (χ0) is 15.2. The standard InChI is InChI=1S/C16H10ClF3O/c17-5-1-2-12-3-4-15(9-16(12)20)21-10-11-6-13(18)8-14(19)7-11/h3-4,6-9H,5,10H2. The van der Waals surface area contributed by atoms with Gasteiger partial charge in [0.1, 0.15) is 29.8 Å². The molecule has 0 aromatic heterocycles. The molecule has 0 saturated carbocycles. The topological polar surface area (TPSA) is 9.23 Å². The van der Waals surface area contributed by atoms with Crippen LogP contribution in [0.15, 0.2) is 36.4 Å². The van der Waals surface area contributed by atoms with Crippen LogP contribution in [0.5, 0.6) is 5.75 Å². The van der Waals surface area contributed by atoms with E-state index in [0.717, 1.165) is 24.3 Å². The summed E-state index contributed by atoms with van der Waals surface area (Å²) in [7, 11) is 0. The van der Waals surface area contributed by atoms with E-state index in [0.29, 0.717) is 5.56 Å². The lowest BCUT2D eigenvalue weighted by Gasteiger charge is -2.07. The van der Waals surface area contributed by atoms with E-state index >= 15 is 0 Å². The van der Waals surface area contributed by atoms with Gasteiger partial charge in [0.25, 0.3) is 0 Å². The van der Waals surface area contributed by atoms with Crippen molar-refractivity contribution in [1.29, 1.82) is 0 Å². The van der Waals surface area contributed by atoms with Gasteiger partial charge in [-0.1, -0.05) is 11.8 Å². The molecule has 0 saturated heterocycles. The number of benzene rings is 2. The fourth-order valence-corrected chi connectivity index (χ4v) is 1.74. The second-order valence-electron chi connectivity index (χ2n) is 4.14. The Morgan fingerprint density at radius 3 is 2.33 bits per heavy atom. The van der Waals surface area contributed by atoms with Crippen LogP contribution in [0.2, 0.25) is 0 Å². The van der Waals surface area contributed by atoms with E-state index in [1.807, 2.05) is 0 Å². The average Bonchev–Trinajstić information content (AvgIpc) is 2.43. The van der Waals surface area contributed by atoms with Gasteiger partial charge >= 0.3 is 0 Å². The summed E-state index contributed by atoms with van der Waals surface area (Å²) in [5.41, 5.74) is 0.527. The van der Waals surface area contributed by atoms with Crippen LogP contribution in [0.4, 0.5) is 13.2 Å². The van der Waals surface area contributed by atoms with Crippen molar-refractivity contribution in [2.75, 3.05) is 5.88 Å². The van der Waals surface area contributed by atoms with Gasteiger partial charge in [0.05, 0.1) is 11.4 Å². The van der Waals surface area contributed by atoms with Crippen molar-refractivity contribution in [1.82, 2.24) is 0 Å². The molecule has 0 aliphatic carbocycles. The average molecular weight is 311 g/mol. The Labute approximate surface area is 125 Å². The maximum Gasteiger partial charge on any atom is 0.142 e. The largest absolute Gasteiger partial charge is 0.489 e. The fourth-order valence-electron chi connectivity index (χ4n) is 1.68. The first-order valence-electron chi connectivity index (χ1n) is 6.00. The summed E-state index contributed by atoms with van der Waals surface area (Å²) in [5.74, 6) is 3.55. The van der Waals surface area contributed by atoms with E-state index in [4.69, 9.17) is 16.3 Å². The molecule has 0 bridgehead atoms. The SMILES string of the molecule is Fc1cc(F)cc(COc2ccc(C#CCCl)c(F)c2)c1. The maximum absolute atomic E-state index is 13.7. The second kappa shape index (κ2) is 7.05. The Hall–Kier alpha value is -2.12. The van der Waals surface area contributed by atoms with Crippen LogP contribution in [-0.4, -0.2) is 5.88 Å². The van der Waals surface area contributed by atoms with Gasteiger partial charge in [-0.2, -0.15) is 0 Å². The van der Waals surface area contributed by atoms with Gasteiger partial charge in [-0.15, -0.1) is 11.6 Å². The molecule has 0 fully saturated rings. The van der Waals surface area contributed by atoms with Crippen LogP contribution < -0.4 is 4.74 Å². The van der Waals surface area contributed by atoms with Crippen molar-refractivity contribution in [2.45, 2.75) is 6.61 Å². The third-order valence-electron chi connectivity index (χ3n) is 2.56. The normalized spacial score (nSPS) is 9.90. The molecule has 0 N–H and O–H groups in total. The van der Waals surface area contributed by atoms with Crippen molar-refractivity contribution in [3.8, 4) is 17.6 Å². The fraction of sp³-hybridized carbons (Fsp3) is 0.125. The Morgan fingerprint density at radius 2 is 1.71 bits per heavy atom. The van der Waals surface area contributed by atoms with Crippen LogP contribution >= 0.6 is 11.6 Å². The second-order valence-corrected chi connectivity index (χ2v) is 4.41. The van der Waals surface area contributed by atoms with Gasteiger partial charge in [0, 0.05) is 12.1 Å². The van der Waals surface area contributed by atoms with E-state index in [1.54, 1.807) is 0 Å². The van der Waals surface area contributed by atoms with Crippen molar-refractivity contribution in [3.63, 3.8) is 0 Å².